The van der Waals surface area contributed by atoms with Crippen molar-refractivity contribution in [2.45, 2.75) is 25.9 Å². The Balaban J connectivity index is 2.08. The number of nitrogens with two attached hydrogens (primary N) is 1. The molecular weight excluding hydrogens is 286 g/mol. The van der Waals surface area contributed by atoms with Gasteiger partial charge in [0.05, 0.1) is 18.8 Å². The quantitative estimate of drug-likeness (QED) is 0.833. The Morgan fingerprint density at radius 1 is 1.57 bits per heavy atom. The first-order valence-corrected chi connectivity index (χ1v) is 8.26. The molecule has 0 aliphatic carbocycles. The molecule has 6 heteroatoms. The molecule has 0 saturated carbocycles. The molecule has 1 aliphatic heterocycles. The standard InChI is InChI=1S/C15H23N3O2S/c1-10-9-21-7-6-18(10)11(2)15(19)17-13-8-12(16)4-5-14(13)20-3/h4-5,8,10-11H,6-7,9,16H2,1-3H3,(H,17,19). The Morgan fingerprint density at radius 3 is 3.00 bits per heavy atom. The lowest BCUT2D eigenvalue weighted by Gasteiger charge is -2.36. The van der Waals surface area contributed by atoms with Gasteiger partial charge in [-0.2, -0.15) is 11.8 Å². The fraction of sp³-hybridized carbons (Fsp3) is 0.533. The Morgan fingerprint density at radius 2 is 2.33 bits per heavy atom. The van der Waals surface area contributed by atoms with Gasteiger partial charge in [-0.3, -0.25) is 9.69 Å². The van der Waals surface area contributed by atoms with Crippen LogP contribution in [0.25, 0.3) is 0 Å². The summed E-state index contributed by atoms with van der Waals surface area (Å²) >= 11 is 1.94. The summed E-state index contributed by atoms with van der Waals surface area (Å²) < 4.78 is 5.26. The number of nitrogens with zero attached hydrogens (tertiary/aromatic N) is 1. The summed E-state index contributed by atoms with van der Waals surface area (Å²) in [5.41, 5.74) is 7.00. The van der Waals surface area contributed by atoms with Crippen molar-refractivity contribution in [2.24, 2.45) is 0 Å². The van der Waals surface area contributed by atoms with Gasteiger partial charge in [0.2, 0.25) is 5.91 Å². The largest absolute Gasteiger partial charge is 0.495 e. The molecule has 21 heavy (non-hydrogen) atoms. The first-order valence-electron chi connectivity index (χ1n) is 7.10. The molecule has 0 spiro atoms. The van der Waals surface area contributed by atoms with Crippen molar-refractivity contribution in [3.05, 3.63) is 18.2 Å². The predicted molar refractivity (Wildman–Crippen MR) is 89.0 cm³/mol. The summed E-state index contributed by atoms with van der Waals surface area (Å²) in [6.07, 6.45) is 0. The summed E-state index contributed by atoms with van der Waals surface area (Å²) in [4.78, 5) is 14.7. The van der Waals surface area contributed by atoms with E-state index >= 15 is 0 Å². The molecule has 1 fully saturated rings. The van der Waals surface area contributed by atoms with Crippen LogP contribution in [0.5, 0.6) is 5.75 Å². The summed E-state index contributed by atoms with van der Waals surface area (Å²) in [7, 11) is 1.58. The zero-order valence-electron chi connectivity index (χ0n) is 12.8. The van der Waals surface area contributed by atoms with Crippen molar-refractivity contribution in [3.8, 4) is 5.75 Å². The van der Waals surface area contributed by atoms with E-state index in [0.717, 1.165) is 18.1 Å². The van der Waals surface area contributed by atoms with E-state index in [4.69, 9.17) is 10.5 Å². The third-order valence-electron chi connectivity index (χ3n) is 3.78. The van der Waals surface area contributed by atoms with Crippen LogP contribution in [0.2, 0.25) is 0 Å². The Bertz CT molecular complexity index is 510. The molecule has 1 saturated heterocycles. The number of hydrogen-bond acceptors (Lipinski definition) is 5. The van der Waals surface area contributed by atoms with Gasteiger partial charge in [-0.1, -0.05) is 0 Å². The Hall–Kier alpha value is -1.40. The van der Waals surface area contributed by atoms with E-state index in [2.05, 4.69) is 17.1 Å². The lowest BCUT2D eigenvalue weighted by Crippen LogP contribution is -2.50. The van der Waals surface area contributed by atoms with Gasteiger partial charge in [-0.15, -0.1) is 0 Å². The first-order chi connectivity index (χ1) is 10.0. The minimum absolute atomic E-state index is 0.0300. The smallest absolute Gasteiger partial charge is 0.241 e. The second-order valence-electron chi connectivity index (χ2n) is 5.29. The summed E-state index contributed by atoms with van der Waals surface area (Å²) in [5.74, 6) is 2.73. The van der Waals surface area contributed by atoms with E-state index in [1.165, 1.54) is 0 Å². The van der Waals surface area contributed by atoms with Crippen molar-refractivity contribution in [2.75, 3.05) is 36.2 Å². The number of carbonyl (C=O) groups excluding carboxylic acids is 1. The van der Waals surface area contributed by atoms with Crippen molar-refractivity contribution >= 4 is 29.0 Å². The number of carbonyl (C=O) groups is 1. The van der Waals surface area contributed by atoms with Crippen LogP contribution >= 0.6 is 11.8 Å². The van der Waals surface area contributed by atoms with Gasteiger partial charge in [0.15, 0.2) is 0 Å². The minimum Gasteiger partial charge on any atom is -0.495 e. The molecule has 2 unspecified atom stereocenters. The molecule has 2 atom stereocenters. The zero-order valence-corrected chi connectivity index (χ0v) is 13.6. The highest BCUT2D eigenvalue weighted by molar-refractivity contribution is 7.99. The summed E-state index contributed by atoms with van der Waals surface area (Å²) in [5, 5.41) is 2.93. The van der Waals surface area contributed by atoms with Gasteiger partial charge in [-0.05, 0) is 32.0 Å². The highest BCUT2D eigenvalue weighted by Gasteiger charge is 2.28. The van der Waals surface area contributed by atoms with Crippen molar-refractivity contribution in [3.63, 3.8) is 0 Å². The molecule has 1 aromatic rings. The second kappa shape index (κ2) is 7.04. The summed E-state index contributed by atoms with van der Waals surface area (Å²) in [6, 6.07) is 5.47. The fourth-order valence-corrected chi connectivity index (χ4v) is 3.57. The van der Waals surface area contributed by atoms with Crippen LogP contribution in [0.15, 0.2) is 18.2 Å². The minimum atomic E-state index is -0.174. The van der Waals surface area contributed by atoms with E-state index in [1.807, 2.05) is 18.7 Å². The Kier molecular flexibility index (Phi) is 5.36. The van der Waals surface area contributed by atoms with E-state index in [0.29, 0.717) is 23.2 Å². The number of anilines is 2. The van der Waals surface area contributed by atoms with Crippen LogP contribution in [0.1, 0.15) is 13.8 Å². The highest BCUT2D eigenvalue weighted by atomic mass is 32.2. The number of benzene rings is 1. The monoisotopic (exact) mass is 309 g/mol. The number of amides is 1. The zero-order chi connectivity index (χ0) is 15.4. The summed E-state index contributed by atoms with van der Waals surface area (Å²) in [6.45, 7) is 5.05. The van der Waals surface area contributed by atoms with E-state index in [1.54, 1.807) is 25.3 Å². The van der Waals surface area contributed by atoms with Crippen LogP contribution in [0, 0.1) is 0 Å². The molecule has 1 aliphatic rings. The third-order valence-corrected chi connectivity index (χ3v) is 4.97. The Labute approximate surface area is 130 Å². The number of hydrogen-bond donors (Lipinski definition) is 2. The lowest BCUT2D eigenvalue weighted by atomic mass is 10.2. The molecule has 0 radical (unpaired) electrons. The number of rotatable bonds is 4. The van der Waals surface area contributed by atoms with Gasteiger partial charge in [0, 0.05) is 29.8 Å². The van der Waals surface area contributed by atoms with Gasteiger partial charge >= 0.3 is 0 Å². The van der Waals surface area contributed by atoms with Crippen LogP contribution in [-0.2, 0) is 4.79 Å². The van der Waals surface area contributed by atoms with Gasteiger partial charge in [0.25, 0.3) is 0 Å². The maximum absolute atomic E-state index is 12.5. The number of nitrogens with one attached hydrogen (secondary N) is 1. The van der Waals surface area contributed by atoms with Crippen molar-refractivity contribution in [1.29, 1.82) is 0 Å². The van der Waals surface area contributed by atoms with Gasteiger partial charge in [0.1, 0.15) is 5.75 Å². The normalized spacial score (nSPS) is 20.8. The molecule has 5 nitrogen and oxygen atoms in total. The lowest BCUT2D eigenvalue weighted by molar-refractivity contribution is -0.121. The molecule has 116 valence electrons. The SMILES string of the molecule is COc1ccc(N)cc1NC(=O)C(C)N1CCSCC1C. The van der Waals surface area contributed by atoms with Crippen LogP contribution < -0.4 is 15.8 Å². The molecule has 0 aromatic heterocycles. The first kappa shape index (κ1) is 16.0. The van der Waals surface area contributed by atoms with Crippen LogP contribution in [0.3, 0.4) is 0 Å². The number of thioether (sulfide) groups is 1. The number of methoxy groups -OCH3 is 1. The van der Waals surface area contributed by atoms with E-state index < -0.39 is 0 Å². The predicted octanol–water partition coefficient (Wildman–Crippen LogP) is 2.04. The molecule has 0 bridgehead atoms. The molecule has 1 aromatic carbocycles. The number of nitrogen functional groups attached to an aromatic ring is 1. The average molecular weight is 309 g/mol. The van der Waals surface area contributed by atoms with Gasteiger partial charge < -0.3 is 15.8 Å². The van der Waals surface area contributed by atoms with Crippen molar-refractivity contribution in [1.82, 2.24) is 4.90 Å². The molecule has 3 N–H and O–H groups in total. The number of ether oxygens (including phenoxy) is 1. The average Bonchev–Trinajstić information content (AvgIpc) is 2.47. The third kappa shape index (κ3) is 3.83. The maximum Gasteiger partial charge on any atom is 0.241 e. The van der Waals surface area contributed by atoms with Crippen molar-refractivity contribution < 1.29 is 9.53 Å². The van der Waals surface area contributed by atoms with E-state index in [9.17, 15) is 4.79 Å². The molecule has 2 rings (SSSR count). The molecule has 1 heterocycles. The second-order valence-corrected chi connectivity index (χ2v) is 6.44. The molecule has 1 amide bonds. The van der Waals surface area contributed by atoms with Crippen LogP contribution in [-0.4, -0.2) is 48.1 Å². The fourth-order valence-electron chi connectivity index (χ4n) is 2.53. The van der Waals surface area contributed by atoms with Gasteiger partial charge in [-0.25, -0.2) is 0 Å². The van der Waals surface area contributed by atoms with Crippen LogP contribution in [0.4, 0.5) is 11.4 Å². The topological polar surface area (TPSA) is 67.6 Å². The maximum atomic E-state index is 12.5. The highest BCUT2D eigenvalue weighted by Crippen LogP contribution is 2.27. The molecular formula is C15H23N3O2S. The van der Waals surface area contributed by atoms with E-state index in [-0.39, 0.29) is 11.9 Å².